The van der Waals surface area contributed by atoms with Crippen molar-refractivity contribution in [1.82, 2.24) is 0 Å². The molecule has 1 aromatic rings. The highest BCUT2D eigenvalue weighted by Gasteiger charge is 2.20. The van der Waals surface area contributed by atoms with Crippen LogP contribution < -0.4 is 0 Å². The molecule has 0 spiro atoms. The molecule has 0 aromatic heterocycles. The Kier molecular flexibility index (Phi) is 6.50. The summed E-state index contributed by atoms with van der Waals surface area (Å²) in [6.45, 7) is 4.26. The van der Waals surface area contributed by atoms with Crippen molar-refractivity contribution in [2.45, 2.75) is 70.8 Å². The third-order valence-corrected chi connectivity index (χ3v) is 4.81. The average molecular weight is 286 g/mol. The summed E-state index contributed by atoms with van der Waals surface area (Å²) in [4.78, 5) is 0. The van der Waals surface area contributed by atoms with E-state index in [0.717, 1.165) is 17.9 Å². The zero-order chi connectivity index (χ0) is 15.1. The van der Waals surface area contributed by atoms with Crippen molar-refractivity contribution >= 4 is 0 Å². The number of hydrogen-bond donors (Lipinski definition) is 1. The van der Waals surface area contributed by atoms with Crippen molar-refractivity contribution in [3.8, 4) is 0 Å². The van der Waals surface area contributed by atoms with Crippen molar-refractivity contribution in [1.29, 1.82) is 0 Å². The molecule has 2 rings (SSSR count). The number of aliphatic hydroxyl groups is 1. The fraction of sp³-hybridized carbons (Fsp3) is 0.600. The van der Waals surface area contributed by atoms with E-state index in [1.54, 1.807) is 0 Å². The van der Waals surface area contributed by atoms with Gasteiger partial charge in [-0.3, -0.25) is 0 Å². The van der Waals surface area contributed by atoms with Crippen LogP contribution in [-0.4, -0.2) is 5.11 Å². The molecule has 1 N–H and O–H groups in total. The second-order valence-electron chi connectivity index (χ2n) is 6.42. The molecule has 1 fully saturated rings. The van der Waals surface area contributed by atoms with Gasteiger partial charge in [-0.1, -0.05) is 56.7 Å². The topological polar surface area (TPSA) is 20.2 Å². The highest BCUT2D eigenvalue weighted by atomic mass is 16.3. The van der Waals surface area contributed by atoms with Gasteiger partial charge in [0.1, 0.15) is 0 Å². The molecule has 1 aliphatic rings. The minimum atomic E-state index is -0.307. The van der Waals surface area contributed by atoms with E-state index >= 15 is 0 Å². The molecule has 21 heavy (non-hydrogen) atoms. The van der Waals surface area contributed by atoms with E-state index in [1.807, 2.05) is 6.92 Å². The second-order valence-corrected chi connectivity index (χ2v) is 6.42. The van der Waals surface area contributed by atoms with Crippen LogP contribution in [0.5, 0.6) is 0 Å². The van der Waals surface area contributed by atoms with Crippen molar-refractivity contribution < 1.29 is 5.11 Å². The second kappa shape index (κ2) is 8.38. The van der Waals surface area contributed by atoms with Crippen LogP contribution in [-0.2, 0) is 0 Å². The Hall–Kier alpha value is -1.08. The Bertz CT molecular complexity index is 424. The molecule has 1 saturated carbocycles. The maximum Gasteiger partial charge on any atom is 0.0787 e. The van der Waals surface area contributed by atoms with Gasteiger partial charge in [0.05, 0.1) is 6.10 Å². The van der Waals surface area contributed by atoms with Gasteiger partial charge in [-0.2, -0.15) is 0 Å². The molecule has 1 aromatic carbocycles. The Morgan fingerprint density at radius 1 is 1.10 bits per heavy atom. The predicted molar refractivity (Wildman–Crippen MR) is 90.4 cm³/mol. The fourth-order valence-corrected chi connectivity index (χ4v) is 3.33. The summed E-state index contributed by atoms with van der Waals surface area (Å²) in [6.07, 6.45) is 13.0. The SMILES string of the molecule is CCCC=CC1CCC(c2ccc(C(O)CC)cc2)CC1. The van der Waals surface area contributed by atoms with Crippen molar-refractivity contribution in [3.63, 3.8) is 0 Å². The lowest BCUT2D eigenvalue weighted by Gasteiger charge is -2.27. The zero-order valence-electron chi connectivity index (χ0n) is 13.6. The Morgan fingerprint density at radius 3 is 2.33 bits per heavy atom. The summed E-state index contributed by atoms with van der Waals surface area (Å²) < 4.78 is 0. The van der Waals surface area contributed by atoms with Crippen LogP contribution in [0.3, 0.4) is 0 Å². The number of allylic oxidation sites excluding steroid dienone is 2. The monoisotopic (exact) mass is 286 g/mol. The largest absolute Gasteiger partial charge is 0.388 e. The summed E-state index contributed by atoms with van der Waals surface area (Å²) in [7, 11) is 0. The number of rotatable bonds is 6. The van der Waals surface area contributed by atoms with Crippen LogP contribution in [0.15, 0.2) is 36.4 Å². The molecule has 0 saturated heterocycles. The molecule has 0 bridgehead atoms. The lowest BCUT2D eigenvalue weighted by molar-refractivity contribution is 0.173. The van der Waals surface area contributed by atoms with E-state index in [0.29, 0.717) is 5.92 Å². The molecule has 1 aliphatic carbocycles. The summed E-state index contributed by atoms with van der Waals surface area (Å²) in [5.41, 5.74) is 2.51. The van der Waals surface area contributed by atoms with E-state index in [1.165, 1.54) is 44.1 Å². The third kappa shape index (κ3) is 4.71. The van der Waals surface area contributed by atoms with Crippen LogP contribution in [0.1, 0.15) is 81.9 Å². The van der Waals surface area contributed by atoms with Crippen LogP contribution >= 0.6 is 0 Å². The van der Waals surface area contributed by atoms with Gasteiger partial charge in [-0.15, -0.1) is 0 Å². The van der Waals surface area contributed by atoms with Gasteiger partial charge in [0.2, 0.25) is 0 Å². The first-order valence-corrected chi connectivity index (χ1v) is 8.69. The van der Waals surface area contributed by atoms with Crippen LogP contribution in [0, 0.1) is 5.92 Å². The van der Waals surface area contributed by atoms with Gasteiger partial charge in [0.15, 0.2) is 0 Å². The molecular formula is C20H30O. The van der Waals surface area contributed by atoms with Gasteiger partial charge in [-0.05, 0) is 61.5 Å². The average Bonchev–Trinajstić information content (AvgIpc) is 2.55. The molecule has 0 radical (unpaired) electrons. The van der Waals surface area contributed by atoms with E-state index < -0.39 is 0 Å². The van der Waals surface area contributed by atoms with Crippen LogP contribution in [0.4, 0.5) is 0 Å². The van der Waals surface area contributed by atoms with Gasteiger partial charge in [-0.25, -0.2) is 0 Å². The molecule has 0 aliphatic heterocycles. The molecule has 1 unspecified atom stereocenters. The van der Waals surface area contributed by atoms with Crippen molar-refractivity contribution in [3.05, 3.63) is 47.5 Å². The quantitative estimate of drug-likeness (QED) is 0.659. The number of hydrogen-bond acceptors (Lipinski definition) is 1. The van der Waals surface area contributed by atoms with Gasteiger partial charge < -0.3 is 5.11 Å². The molecule has 1 heteroatoms. The van der Waals surface area contributed by atoms with E-state index in [4.69, 9.17) is 0 Å². The minimum Gasteiger partial charge on any atom is -0.388 e. The van der Waals surface area contributed by atoms with Crippen molar-refractivity contribution in [2.24, 2.45) is 5.92 Å². The summed E-state index contributed by atoms with van der Waals surface area (Å²) >= 11 is 0. The highest BCUT2D eigenvalue weighted by Crippen LogP contribution is 2.36. The molecule has 0 heterocycles. The van der Waals surface area contributed by atoms with E-state index in [9.17, 15) is 5.11 Å². The summed E-state index contributed by atoms with van der Waals surface area (Å²) in [6, 6.07) is 8.67. The first kappa shape index (κ1) is 16.3. The third-order valence-electron chi connectivity index (χ3n) is 4.81. The summed E-state index contributed by atoms with van der Waals surface area (Å²) in [5, 5.41) is 9.86. The van der Waals surface area contributed by atoms with Crippen LogP contribution in [0.2, 0.25) is 0 Å². The van der Waals surface area contributed by atoms with Gasteiger partial charge in [0.25, 0.3) is 0 Å². The fourth-order valence-electron chi connectivity index (χ4n) is 3.33. The Balaban J connectivity index is 1.87. The number of unbranched alkanes of at least 4 members (excludes halogenated alkanes) is 1. The number of benzene rings is 1. The maximum absolute atomic E-state index is 9.86. The predicted octanol–water partition coefficient (Wildman–Crippen LogP) is 5.76. The molecule has 116 valence electrons. The first-order chi connectivity index (χ1) is 10.2. The van der Waals surface area contributed by atoms with Gasteiger partial charge in [0, 0.05) is 0 Å². The zero-order valence-corrected chi connectivity index (χ0v) is 13.6. The molecule has 1 nitrogen and oxygen atoms in total. The Morgan fingerprint density at radius 2 is 1.76 bits per heavy atom. The van der Waals surface area contributed by atoms with Crippen LogP contribution in [0.25, 0.3) is 0 Å². The minimum absolute atomic E-state index is 0.307. The van der Waals surface area contributed by atoms with Crippen molar-refractivity contribution in [2.75, 3.05) is 0 Å². The molecular weight excluding hydrogens is 256 g/mol. The Labute approximate surface area is 130 Å². The lowest BCUT2D eigenvalue weighted by atomic mass is 9.78. The molecule has 0 amide bonds. The first-order valence-electron chi connectivity index (χ1n) is 8.69. The normalized spacial score (nSPS) is 24.3. The van der Waals surface area contributed by atoms with Gasteiger partial charge >= 0.3 is 0 Å². The standard InChI is InChI=1S/C20H30O/c1-3-5-6-7-16-8-10-17(11-9-16)18-12-14-19(15-13-18)20(21)4-2/h6-7,12-17,20-21H,3-5,8-11H2,1-2H3. The number of aliphatic hydroxyl groups excluding tert-OH is 1. The maximum atomic E-state index is 9.86. The highest BCUT2D eigenvalue weighted by molar-refractivity contribution is 5.27. The van der Waals surface area contributed by atoms with E-state index in [-0.39, 0.29) is 6.10 Å². The summed E-state index contributed by atoms with van der Waals surface area (Å²) in [5.74, 6) is 1.52. The van der Waals surface area contributed by atoms with E-state index in [2.05, 4.69) is 43.3 Å². The lowest BCUT2D eigenvalue weighted by Crippen LogP contribution is -2.11. The molecule has 1 atom stereocenters. The smallest absolute Gasteiger partial charge is 0.0787 e.